The summed E-state index contributed by atoms with van der Waals surface area (Å²) in [5, 5.41) is 3.12. The van der Waals surface area contributed by atoms with Crippen LogP contribution in [0.4, 0.5) is 11.4 Å². The standard InChI is InChI=1S/C12H13N3O2/c13-10-2-1-9(12(14)16)5-11(10)15-6-8-3-4-17-7-8/h1-5,7,15H,6,13H2,(H2,14,16). The van der Waals surface area contributed by atoms with Gasteiger partial charge in [-0.2, -0.15) is 0 Å². The number of nitrogens with one attached hydrogen (secondary N) is 1. The molecule has 1 aromatic carbocycles. The van der Waals surface area contributed by atoms with Gasteiger partial charge in [-0.1, -0.05) is 0 Å². The number of anilines is 2. The first kappa shape index (κ1) is 11.1. The third-order valence-corrected chi connectivity index (χ3v) is 2.40. The van der Waals surface area contributed by atoms with Crippen LogP contribution in [0.15, 0.2) is 41.2 Å². The van der Waals surface area contributed by atoms with Crippen molar-refractivity contribution in [3.05, 3.63) is 47.9 Å². The highest BCUT2D eigenvalue weighted by molar-refractivity contribution is 5.94. The molecule has 1 amide bonds. The van der Waals surface area contributed by atoms with Crippen molar-refractivity contribution in [2.24, 2.45) is 5.73 Å². The summed E-state index contributed by atoms with van der Waals surface area (Å²) in [5.74, 6) is -0.476. The van der Waals surface area contributed by atoms with E-state index in [2.05, 4.69) is 5.32 Å². The molecule has 0 aliphatic heterocycles. The van der Waals surface area contributed by atoms with Crippen molar-refractivity contribution in [3.63, 3.8) is 0 Å². The largest absolute Gasteiger partial charge is 0.472 e. The molecule has 5 heteroatoms. The monoisotopic (exact) mass is 231 g/mol. The predicted octanol–water partition coefficient (Wildman–Crippen LogP) is 1.57. The Kier molecular flexibility index (Phi) is 3.00. The maximum atomic E-state index is 11.0. The molecule has 0 unspecified atom stereocenters. The molecule has 0 aliphatic carbocycles. The Bertz CT molecular complexity index is 521. The van der Waals surface area contributed by atoms with Crippen molar-refractivity contribution >= 4 is 17.3 Å². The van der Waals surface area contributed by atoms with E-state index in [1.54, 1.807) is 30.7 Å². The summed E-state index contributed by atoms with van der Waals surface area (Å²) in [6.07, 6.45) is 3.24. The van der Waals surface area contributed by atoms with Gasteiger partial charge < -0.3 is 21.2 Å². The number of amides is 1. The Hall–Kier alpha value is -2.43. The molecule has 0 saturated carbocycles. The lowest BCUT2D eigenvalue weighted by Crippen LogP contribution is -2.12. The van der Waals surface area contributed by atoms with Crippen molar-refractivity contribution in [3.8, 4) is 0 Å². The van der Waals surface area contributed by atoms with Crippen LogP contribution in [0.25, 0.3) is 0 Å². The number of furan rings is 1. The van der Waals surface area contributed by atoms with E-state index in [9.17, 15) is 4.79 Å². The summed E-state index contributed by atoms with van der Waals surface area (Å²) in [6.45, 7) is 0.572. The van der Waals surface area contributed by atoms with Crippen LogP contribution in [0.5, 0.6) is 0 Å². The molecule has 0 aliphatic rings. The molecule has 0 fully saturated rings. The van der Waals surface area contributed by atoms with Crippen LogP contribution in [0.3, 0.4) is 0 Å². The van der Waals surface area contributed by atoms with Gasteiger partial charge in [0.2, 0.25) is 5.91 Å². The lowest BCUT2D eigenvalue weighted by atomic mass is 10.1. The zero-order chi connectivity index (χ0) is 12.3. The van der Waals surface area contributed by atoms with E-state index in [1.165, 1.54) is 0 Å². The number of hydrogen-bond acceptors (Lipinski definition) is 4. The number of carbonyl (C=O) groups is 1. The number of benzene rings is 1. The molecular weight excluding hydrogens is 218 g/mol. The summed E-state index contributed by atoms with van der Waals surface area (Å²) in [7, 11) is 0. The normalized spacial score (nSPS) is 10.1. The van der Waals surface area contributed by atoms with Gasteiger partial charge in [0.1, 0.15) is 0 Å². The van der Waals surface area contributed by atoms with E-state index < -0.39 is 5.91 Å². The van der Waals surface area contributed by atoms with E-state index >= 15 is 0 Å². The summed E-state index contributed by atoms with van der Waals surface area (Å²) in [5.41, 5.74) is 13.7. The highest BCUT2D eigenvalue weighted by Gasteiger charge is 2.05. The lowest BCUT2D eigenvalue weighted by Gasteiger charge is -2.09. The quantitative estimate of drug-likeness (QED) is 0.696. The van der Waals surface area contributed by atoms with Gasteiger partial charge in [-0.25, -0.2) is 0 Å². The Balaban J connectivity index is 2.14. The number of rotatable bonds is 4. The number of carbonyl (C=O) groups excluding carboxylic acids is 1. The summed E-state index contributed by atoms with van der Waals surface area (Å²) >= 11 is 0. The van der Waals surface area contributed by atoms with Gasteiger partial charge in [0.05, 0.1) is 23.9 Å². The number of nitrogen functional groups attached to an aromatic ring is 1. The van der Waals surface area contributed by atoms with Gasteiger partial charge in [-0.05, 0) is 24.3 Å². The first-order chi connectivity index (χ1) is 8.16. The fourth-order valence-corrected chi connectivity index (χ4v) is 1.45. The van der Waals surface area contributed by atoms with Crippen molar-refractivity contribution in [1.82, 2.24) is 0 Å². The van der Waals surface area contributed by atoms with E-state index in [0.717, 1.165) is 5.56 Å². The molecule has 2 aromatic rings. The van der Waals surface area contributed by atoms with Crippen LogP contribution in [0, 0.1) is 0 Å². The van der Waals surface area contributed by atoms with Crippen LogP contribution < -0.4 is 16.8 Å². The van der Waals surface area contributed by atoms with Crippen LogP contribution >= 0.6 is 0 Å². The second kappa shape index (κ2) is 4.61. The van der Waals surface area contributed by atoms with Gasteiger partial charge in [0, 0.05) is 17.7 Å². The smallest absolute Gasteiger partial charge is 0.248 e. The highest BCUT2D eigenvalue weighted by atomic mass is 16.3. The van der Waals surface area contributed by atoms with Gasteiger partial charge in [-0.15, -0.1) is 0 Å². The topological polar surface area (TPSA) is 94.3 Å². The summed E-state index contributed by atoms with van der Waals surface area (Å²) in [6, 6.07) is 6.73. The molecule has 88 valence electrons. The molecule has 1 heterocycles. The maximum Gasteiger partial charge on any atom is 0.248 e. The van der Waals surface area contributed by atoms with Gasteiger partial charge in [0.15, 0.2) is 0 Å². The first-order valence-electron chi connectivity index (χ1n) is 5.11. The molecule has 17 heavy (non-hydrogen) atoms. The fraction of sp³-hybridized carbons (Fsp3) is 0.0833. The van der Waals surface area contributed by atoms with Crippen molar-refractivity contribution in [2.45, 2.75) is 6.54 Å². The van der Waals surface area contributed by atoms with Crippen molar-refractivity contribution in [1.29, 1.82) is 0 Å². The molecule has 0 saturated heterocycles. The van der Waals surface area contributed by atoms with Crippen molar-refractivity contribution in [2.75, 3.05) is 11.1 Å². The van der Waals surface area contributed by atoms with Gasteiger partial charge in [-0.3, -0.25) is 4.79 Å². The minimum Gasteiger partial charge on any atom is -0.472 e. The Labute approximate surface area is 98.4 Å². The molecule has 0 spiro atoms. The summed E-state index contributed by atoms with van der Waals surface area (Å²) in [4.78, 5) is 11.0. The molecule has 0 bridgehead atoms. The molecule has 0 radical (unpaired) electrons. The third kappa shape index (κ3) is 2.57. The molecule has 5 N–H and O–H groups in total. The van der Waals surface area contributed by atoms with Gasteiger partial charge >= 0.3 is 0 Å². The van der Waals surface area contributed by atoms with E-state index in [1.807, 2.05) is 6.07 Å². The number of hydrogen-bond donors (Lipinski definition) is 3. The van der Waals surface area contributed by atoms with Crippen LogP contribution in [-0.2, 0) is 6.54 Å². The maximum absolute atomic E-state index is 11.0. The van der Waals surface area contributed by atoms with E-state index in [0.29, 0.717) is 23.5 Å². The molecule has 2 rings (SSSR count). The fourth-order valence-electron chi connectivity index (χ4n) is 1.45. The van der Waals surface area contributed by atoms with Crippen LogP contribution in [0.1, 0.15) is 15.9 Å². The number of nitrogens with two attached hydrogens (primary N) is 2. The Morgan fingerprint density at radius 2 is 2.18 bits per heavy atom. The summed E-state index contributed by atoms with van der Waals surface area (Å²) < 4.78 is 4.95. The van der Waals surface area contributed by atoms with Crippen LogP contribution in [-0.4, -0.2) is 5.91 Å². The van der Waals surface area contributed by atoms with Crippen molar-refractivity contribution < 1.29 is 9.21 Å². The SMILES string of the molecule is NC(=O)c1ccc(N)c(NCc2ccoc2)c1. The minimum absolute atomic E-state index is 0.425. The van der Waals surface area contributed by atoms with Gasteiger partial charge in [0.25, 0.3) is 0 Å². The average molecular weight is 231 g/mol. The third-order valence-electron chi connectivity index (χ3n) is 2.40. The minimum atomic E-state index is -0.476. The molecule has 5 nitrogen and oxygen atoms in total. The van der Waals surface area contributed by atoms with Crippen LogP contribution in [0.2, 0.25) is 0 Å². The predicted molar refractivity (Wildman–Crippen MR) is 65.4 cm³/mol. The Morgan fingerprint density at radius 1 is 1.35 bits per heavy atom. The number of primary amides is 1. The van der Waals surface area contributed by atoms with E-state index in [4.69, 9.17) is 15.9 Å². The zero-order valence-electron chi connectivity index (χ0n) is 9.14. The Morgan fingerprint density at radius 3 is 2.82 bits per heavy atom. The lowest BCUT2D eigenvalue weighted by molar-refractivity contribution is 0.100. The molecular formula is C12H13N3O2. The first-order valence-corrected chi connectivity index (χ1v) is 5.11. The molecule has 1 aromatic heterocycles. The second-order valence-corrected chi connectivity index (χ2v) is 3.65. The zero-order valence-corrected chi connectivity index (χ0v) is 9.14. The van der Waals surface area contributed by atoms with E-state index in [-0.39, 0.29) is 0 Å². The highest BCUT2D eigenvalue weighted by Crippen LogP contribution is 2.20. The second-order valence-electron chi connectivity index (χ2n) is 3.65. The average Bonchev–Trinajstić information content (AvgIpc) is 2.80. The molecule has 0 atom stereocenters.